The summed E-state index contributed by atoms with van der Waals surface area (Å²) >= 11 is 1.63. The molecule has 3 nitrogen and oxygen atoms in total. The maximum absolute atomic E-state index is 12.6. The fourth-order valence-corrected chi connectivity index (χ4v) is 4.85. The molecule has 3 aromatic carbocycles. The first kappa shape index (κ1) is 17.0. The molecule has 0 spiro atoms. The SMILES string of the molecule is O=S(=O)(NCc1csc2ccccc12)c1ccc(-c2ccccc2)cc1. The molecule has 0 aliphatic rings. The molecule has 0 unspecified atom stereocenters. The Bertz CT molecular complexity index is 1130. The summed E-state index contributed by atoms with van der Waals surface area (Å²) in [5, 5.41) is 3.10. The number of fused-ring (bicyclic) bond motifs is 1. The molecule has 0 fully saturated rings. The normalized spacial score (nSPS) is 11.7. The zero-order chi connectivity index (χ0) is 18.0. The van der Waals surface area contributed by atoms with Crippen LogP contribution >= 0.6 is 11.3 Å². The summed E-state index contributed by atoms with van der Waals surface area (Å²) in [6, 6.07) is 24.9. The Kier molecular flexibility index (Phi) is 4.59. The minimum atomic E-state index is -3.55. The van der Waals surface area contributed by atoms with Gasteiger partial charge in [0.15, 0.2) is 0 Å². The second kappa shape index (κ2) is 7.03. The van der Waals surface area contributed by atoms with E-state index in [1.165, 1.54) is 0 Å². The predicted molar refractivity (Wildman–Crippen MR) is 108 cm³/mol. The highest BCUT2D eigenvalue weighted by Gasteiger charge is 2.15. The highest BCUT2D eigenvalue weighted by atomic mass is 32.2. The van der Waals surface area contributed by atoms with E-state index in [4.69, 9.17) is 0 Å². The summed E-state index contributed by atoms with van der Waals surface area (Å²) in [5.41, 5.74) is 3.05. The molecule has 4 rings (SSSR count). The van der Waals surface area contributed by atoms with Gasteiger partial charge in [-0.05, 0) is 45.7 Å². The van der Waals surface area contributed by atoms with Gasteiger partial charge in [0.2, 0.25) is 10.0 Å². The standard InChI is InChI=1S/C21H17NO2S2/c23-26(24,22-14-18-15-25-21-9-5-4-8-20(18)21)19-12-10-17(11-13-19)16-6-2-1-3-7-16/h1-13,15,22H,14H2. The first-order valence-corrected chi connectivity index (χ1v) is 10.6. The third-order valence-electron chi connectivity index (χ3n) is 4.29. The number of rotatable bonds is 5. The van der Waals surface area contributed by atoms with Crippen molar-refractivity contribution in [1.29, 1.82) is 0 Å². The molecule has 0 radical (unpaired) electrons. The van der Waals surface area contributed by atoms with E-state index in [1.54, 1.807) is 23.5 Å². The van der Waals surface area contributed by atoms with Gasteiger partial charge in [-0.2, -0.15) is 0 Å². The molecule has 1 aromatic heterocycles. The summed E-state index contributed by atoms with van der Waals surface area (Å²) in [7, 11) is -3.55. The number of hydrogen-bond acceptors (Lipinski definition) is 3. The van der Waals surface area contributed by atoms with Gasteiger partial charge in [0.25, 0.3) is 0 Å². The number of thiophene rings is 1. The Labute approximate surface area is 157 Å². The lowest BCUT2D eigenvalue weighted by Crippen LogP contribution is -2.23. The highest BCUT2D eigenvalue weighted by molar-refractivity contribution is 7.89. The van der Waals surface area contributed by atoms with Gasteiger partial charge in [-0.25, -0.2) is 13.1 Å². The zero-order valence-electron chi connectivity index (χ0n) is 13.9. The monoisotopic (exact) mass is 379 g/mol. The summed E-state index contributed by atoms with van der Waals surface area (Å²) in [6.45, 7) is 0.285. The van der Waals surface area contributed by atoms with Crippen LogP contribution in [-0.4, -0.2) is 8.42 Å². The van der Waals surface area contributed by atoms with Crippen molar-refractivity contribution in [2.75, 3.05) is 0 Å². The third-order valence-corrected chi connectivity index (χ3v) is 6.71. The van der Waals surface area contributed by atoms with Crippen LogP contribution < -0.4 is 4.72 Å². The van der Waals surface area contributed by atoms with Crippen molar-refractivity contribution in [2.45, 2.75) is 11.4 Å². The molecule has 130 valence electrons. The van der Waals surface area contributed by atoms with E-state index in [-0.39, 0.29) is 11.4 Å². The van der Waals surface area contributed by atoms with Crippen LogP contribution in [0.15, 0.2) is 89.1 Å². The fourth-order valence-electron chi connectivity index (χ4n) is 2.88. The maximum Gasteiger partial charge on any atom is 0.240 e. The lowest BCUT2D eigenvalue weighted by Gasteiger charge is -2.08. The van der Waals surface area contributed by atoms with Crippen LogP contribution in [0.1, 0.15) is 5.56 Å². The molecule has 1 heterocycles. The number of benzene rings is 3. The Morgan fingerprint density at radius 3 is 2.19 bits per heavy atom. The molecule has 0 saturated carbocycles. The van der Waals surface area contributed by atoms with Crippen LogP contribution in [0.3, 0.4) is 0 Å². The van der Waals surface area contributed by atoms with Crippen LogP contribution in [0.2, 0.25) is 0 Å². The topological polar surface area (TPSA) is 46.2 Å². The van der Waals surface area contributed by atoms with Crippen molar-refractivity contribution in [3.8, 4) is 11.1 Å². The van der Waals surface area contributed by atoms with Gasteiger partial charge in [0.1, 0.15) is 0 Å². The second-order valence-electron chi connectivity index (χ2n) is 5.97. The fraction of sp³-hybridized carbons (Fsp3) is 0.0476. The Hall–Kier alpha value is -2.47. The van der Waals surface area contributed by atoms with Gasteiger partial charge in [-0.1, -0.05) is 60.7 Å². The van der Waals surface area contributed by atoms with E-state index in [0.29, 0.717) is 0 Å². The van der Waals surface area contributed by atoms with E-state index in [2.05, 4.69) is 4.72 Å². The molecule has 4 aromatic rings. The molecule has 1 N–H and O–H groups in total. The van der Waals surface area contributed by atoms with Crippen molar-refractivity contribution in [1.82, 2.24) is 4.72 Å². The van der Waals surface area contributed by atoms with Crippen LogP contribution in [0.5, 0.6) is 0 Å². The summed E-state index contributed by atoms with van der Waals surface area (Å²) in [6.07, 6.45) is 0. The highest BCUT2D eigenvalue weighted by Crippen LogP contribution is 2.26. The Morgan fingerprint density at radius 1 is 0.769 bits per heavy atom. The minimum Gasteiger partial charge on any atom is -0.207 e. The van der Waals surface area contributed by atoms with Gasteiger partial charge in [-0.3, -0.25) is 0 Å². The van der Waals surface area contributed by atoms with Crippen molar-refractivity contribution in [2.24, 2.45) is 0 Å². The number of hydrogen-bond donors (Lipinski definition) is 1. The number of nitrogens with one attached hydrogen (secondary N) is 1. The molecule has 0 bridgehead atoms. The van der Waals surface area contributed by atoms with E-state index >= 15 is 0 Å². The molecule has 0 aliphatic heterocycles. The van der Waals surface area contributed by atoms with Gasteiger partial charge >= 0.3 is 0 Å². The maximum atomic E-state index is 12.6. The molecule has 5 heteroatoms. The van der Waals surface area contributed by atoms with Gasteiger partial charge in [-0.15, -0.1) is 11.3 Å². The van der Waals surface area contributed by atoms with Gasteiger partial charge in [0.05, 0.1) is 4.90 Å². The van der Waals surface area contributed by atoms with Gasteiger partial charge < -0.3 is 0 Å². The second-order valence-corrected chi connectivity index (χ2v) is 8.65. The minimum absolute atomic E-state index is 0.275. The van der Waals surface area contributed by atoms with Crippen molar-refractivity contribution < 1.29 is 8.42 Å². The summed E-state index contributed by atoms with van der Waals surface area (Å²) in [4.78, 5) is 0.275. The van der Waals surface area contributed by atoms with Crippen molar-refractivity contribution in [3.63, 3.8) is 0 Å². The lowest BCUT2D eigenvalue weighted by atomic mass is 10.1. The Balaban J connectivity index is 1.53. The number of sulfonamides is 1. The summed E-state index contributed by atoms with van der Waals surface area (Å²) < 4.78 is 29.1. The van der Waals surface area contributed by atoms with E-state index in [1.807, 2.05) is 72.1 Å². The van der Waals surface area contributed by atoms with Gasteiger partial charge in [0, 0.05) is 11.2 Å². The van der Waals surface area contributed by atoms with E-state index in [9.17, 15) is 8.42 Å². The van der Waals surface area contributed by atoms with Crippen LogP contribution in [0.25, 0.3) is 21.2 Å². The van der Waals surface area contributed by atoms with Crippen molar-refractivity contribution >= 4 is 31.4 Å². The van der Waals surface area contributed by atoms with E-state index in [0.717, 1.165) is 26.8 Å². The first-order valence-electron chi connectivity index (χ1n) is 8.24. The average Bonchev–Trinajstić information content (AvgIpc) is 3.11. The van der Waals surface area contributed by atoms with Crippen molar-refractivity contribution in [3.05, 3.63) is 89.8 Å². The molecule has 26 heavy (non-hydrogen) atoms. The largest absolute Gasteiger partial charge is 0.240 e. The molecule has 0 saturated heterocycles. The van der Waals surface area contributed by atoms with Crippen LogP contribution in [0.4, 0.5) is 0 Å². The molecular formula is C21H17NO2S2. The van der Waals surface area contributed by atoms with Crippen LogP contribution in [0, 0.1) is 0 Å². The van der Waals surface area contributed by atoms with E-state index < -0.39 is 10.0 Å². The quantitative estimate of drug-likeness (QED) is 0.528. The predicted octanol–water partition coefficient (Wildman–Crippen LogP) is 5.05. The summed E-state index contributed by atoms with van der Waals surface area (Å²) in [5.74, 6) is 0. The van der Waals surface area contributed by atoms with Crippen LogP contribution in [-0.2, 0) is 16.6 Å². The molecule has 0 aliphatic carbocycles. The third kappa shape index (κ3) is 3.42. The lowest BCUT2D eigenvalue weighted by molar-refractivity contribution is 0.581. The first-order chi connectivity index (χ1) is 12.6. The molecule has 0 atom stereocenters. The smallest absolute Gasteiger partial charge is 0.207 e. The zero-order valence-corrected chi connectivity index (χ0v) is 15.6. The molecular weight excluding hydrogens is 362 g/mol. The average molecular weight is 380 g/mol. The molecule has 0 amide bonds. The Morgan fingerprint density at radius 2 is 1.42 bits per heavy atom.